The minimum Gasteiger partial charge on any atom is -0.389 e. The van der Waals surface area contributed by atoms with E-state index in [1.54, 1.807) is 0 Å². The Morgan fingerprint density at radius 2 is 2.17 bits per heavy atom. The van der Waals surface area contributed by atoms with Crippen LogP contribution in [0.5, 0.6) is 0 Å². The molecule has 1 fully saturated rings. The Balaban J connectivity index is 1.96. The van der Waals surface area contributed by atoms with Gasteiger partial charge < -0.3 is 15.7 Å². The molecule has 126 valence electrons. The molecule has 1 aliphatic rings. The first-order valence-corrected chi connectivity index (χ1v) is 8.22. The third-order valence-corrected chi connectivity index (χ3v) is 4.34. The number of hydrogen-bond donors (Lipinski definition) is 4. The number of carbonyl (C=O) groups is 1. The van der Waals surface area contributed by atoms with Crippen LogP contribution in [0.4, 0.5) is 5.82 Å². The third kappa shape index (κ3) is 4.78. The summed E-state index contributed by atoms with van der Waals surface area (Å²) in [6.45, 7) is 0.846. The number of carbonyl (C=O) groups excluding carboxylic acids is 1. The molecule has 0 spiro atoms. The maximum atomic E-state index is 12.2. The van der Waals surface area contributed by atoms with Gasteiger partial charge in [0.2, 0.25) is 5.91 Å². The minimum atomic E-state index is -0.916. The van der Waals surface area contributed by atoms with E-state index in [9.17, 15) is 15.2 Å². The molecule has 0 unspecified atom stereocenters. The first-order valence-electron chi connectivity index (χ1n) is 8.22. The van der Waals surface area contributed by atoms with Crippen LogP contribution in [-0.2, 0) is 11.2 Å². The summed E-state index contributed by atoms with van der Waals surface area (Å²) in [5.41, 5.74) is 0.195. The summed E-state index contributed by atoms with van der Waals surface area (Å²) in [5.74, 6) is -0.0319. The summed E-state index contributed by atoms with van der Waals surface area (Å²) >= 11 is 0. The van der Waals surface area contributed by atoms with Crippen molar-refractivity contribution in [3.05, 3.63) is 11.3 Å². The molecule has 7 heteroatoms. The molecule has 7 nitrogen and oxygen atoms in total. The third-order valence-electron chi connectivity index (χ3n) is 4.34. The average Bonchev–Trinajstić information content (AvgIpc) is 2.89. The molecule has 0 atom stereocenters. The Labute approximate surface area is 136 Å². The zero-order chi connectivity index (χ0) is 16.7. The number of aromatic nitrogens is 2. The maximum absolute atomic E-state index is 12.2. The Bertz CT molecular complexity index is 570. The van der Waals surface area contributed by atoms with Crippen molar-refractivity contribution in [2.75, 3.05) is 18.9 Å². The number of nitriles is 1. The second-order valence-electron chi connectivity index (χ2n) is 6.25. The largest absolute Gasteiger partial charge is 0.389 e. The van der Waals surface area contributed by atoms with Crippen LogP contribution in [0.25, 0.3) is 0 Å². The topological polar surface area (TPSA) is 114 Å². The highest BCUT2D eigenvalue weighted by molar-refractivity contribution is 5.91. The first-order chi connectivity index (χ1) is 11.1. The Morgan fingerprint density at radius 1 is 1.43 bits per heavy atom. The highest BCUT2D eigenvalue weighted by Crippen LogP contribution is 2.31. The van der Waals surface area contributed by atoms with Crippen molar-refractivity contribution in [1.29, 1.82) is 5.26 Å². The van der Waals surface area contributed by atoms with Crippen LogP contribution in [-0.4, -0.2) is 40.4 Å². The lowest BCUT2D eigenvalue weighted by molar-refractivity contribution is -0.122. The molecule has 0 radical (unpaired) electrons. The van der Waals surface area contributed by atoms with E-state index in [0.29, 0.717) is 24.8 Å². The summed E-state index contributed by atoms with van der Waals surface area (Å²) in [6, 6.07) is 2.10. The van der Waals surface area contributed by atoms with Gasteiger partial charge in [-0.3, -0.25) is 9.89 Å². The van der Waals surface area contributed by atoms with Gasteiger partial charge in [0.25, 0.3) is 0 Å². The number of nitrogens with zero attached hydrogens (tertiary/aromatic N) is 2. The number of amides is 1. The molecule has 1 saturated carbocycles. The van der Waals surface area contributed by atoms with Gasteiger partial charge in [0.05, 0.1) is 17.7 Å². The highest BCUT2D eigenvalue weighted by atomic mass is 16.3. The number of aromatic amines is 1. The highest BCUT2D eigenvalue weighted by Gasteiger charge is 2.32. The van der Waals surface area contributed by atoms with Crippen molar-refractivity contribution in [3.63, 3.8) is 0 Å². The van der Waals surface area contributed by atoms with Gasteiger partial charge in [0, 0.05) is 0 Å². The van der Waals surface area contributed by atoms with Crippen molar-refractivity contribution in [1.82, 2.24) is 15.5 Å². The van der Waals surface area contributed by atoms with Crippen LogP contribution in [0, 0.1) is 11.3 Å². The molecule has 4 N–H and O–H groups in total. The van der Waals surface area contributed by atoms with E-state index in [1.165, 1.54) is 0 Å². The van der Waals surface area contributed by atoms with E-state index < -0.39 is 5.60 Å². The number of aryl methyl sites for hydroxylation is 1. The molecule has 1 aromatic rings. The van der Waals surface area contributed by atoms with Gasteiger partial charge in [-0.05, 0) is 39.3 Å². The van der Waals surface area contributed by atoms with Gasteiger partial charge in [-0.1, -0.05) is 19.3 Å². The van der Waals surface area contributed by atoms with Crippen molar-refractivity contribution >= 4 is 11.7 Å². The van der Waals surface area contributed by atoms with Crippen molar-refractivity contribution in [2.45, 2.75) is 57.0 Å². The molecule has 0 aliphatic heterocycles. The fourth-order valence-corrected chi connectivity index (χ4v) is 3.07. The second-order valence-corrected chi connectivity index (χ2v) is 6.25. The van der Waals surface area contributed by atoms with E-state index in [2.05, 4.69) is 26.9 Å². The Hall–Kier alpha value is -1.91. The fraction of sp³-hybridized carbons (Fsp3) is 0.688. The standard InChI is InChI=1S/C16H25N5O2/c1-18-9-5-6-13-12(11-17)15(21-20-13)19-14(22)10-16(23)7-3-2-4-8-16/h18,23H,2-10H2,1H3,(H2,19,20,21,22). The summed E-state index contributed by atoms with van der Waals surface area (Å²) < 4.78 is 0. The van der Waals surface area contributed by atoms with E-state index in [4.69, 9.17) is 0 Å². The van der Waals surface area contributed by atoms with Crippen LogP contribution in [0.2, 0.25) is 0 Å². The van der Waals surface area contributed by atoms with E-state index >= 15 is 0 Å². The van der Waals surface area contributed by atoms with Crippen LogP contribution >= 0.6 is 0 Å². The normalized spacial score (nSPS) is 16.7. The van der Waals surface area contributed by atoms with Gasteiger partial charge in [-0.25, -0.2) is 0 Å². The quantitative estimate of drug-likeness (QED) is 0.568. The second kappa shape index (κ2) is 8.09. The van der Waals surface area contributed by atoms with E-state index in [-0.39, 0.29) is 18.1 Å². The molecule has 1 aliphatic carbocycles. The number of rotatable bonds is 7. The molecule has 1 aromatic heterocycles. The Kier molecular flexibility index (Phi) is 6.13. The maximum Gasteiger partial charge on any atom is 0.228 e. The van der Waals surface area contributed by atoms with Gasteiger partial charge in [0.1, 0.15) is 11.6 Å². The Morgan fingerprint density at radius 3 is 2.83 bits per heavy atom. The summed E-state index contributed by atoms with van der Waals surface area (Å²) in [5, 5.41) is 32.3. The lowest BCUT2D eigenvalue weighted by atomic mass is 9.82. The zero-order valence-electron chi connectivity index (χ0n) is 13.6. The molecule has 0 aromatic carbocycles. The number of anilines is 1. The lowest BCUT2D eigenvalue weighted by Gasteiger charge is -2.31. The zero-order valence-corrected chi connectivity index (χ0v) is 13.6. The SMILES string of the molecule is CNCCCc1[nH]nc(NC(=O)CC2(O)CCCCC2)c1C#N. The van der Waals surface area contributed by atoms with Crippen molar-refractivity contribution < 1.29 is 9.90 Å². The van der Waals surface area contributed by atoms with Gasteiger partial charge in [-0.15, -0.1) is 0 Å². The molecule has 1 amide bonds. The first kappa shape index (κ1) is 17.4. The van der Waals surface area contributed by atoms with Gasteiger partial charge in [-0.2, -0.15) is 10.4 Å². The molecular formula is C16H25N5O2. The predicted molar refractivity (Wildman–Crippen MR) is 86.8 cm³/mol. The number of hydrogen-bond acceptors (Lipinski definition) is 5. The summed E-state index contributed by atoms with van der Waals surface area (Å²) in [6.07, 6.45) is 5.94. The average molecular weight is 319 g/mol. The monoisotopic (exact) mass is 319 g/mol. The molecule has 0 saturated heterocycles. The van der Waals surface area contributed by atoms with Crippen LogP contribution < -0.4 is 10.6 Å². The van der Waals surface area contributed by atoms with Crippen molar-refractivity contribution in [3.8, 4) is 6.07 Å². The molecule has 23 heavy (non-hydrogen) atoms. The van der Waals surface area contributed by atoms with E-state index in [1.807, 2.05) is 7.05 Å². The van der Waals surface area contributed by atoms with E-state index in [0.717, 1.165) is 37.9 Å². The summed E-state index contributed by atoms with van der Waals surface area (Å²) in [7, 11) is 1.87. The number of aliphatic hydroxyl groups is 1. The lowest BCUT2D eigenvalue weighted by Crippen LogP contribution is -2.36. The van der Waals surface area contributed by atoms with Crippen LogP contribution in [0.15, 0.2) is 0 Å². The minimum absolute atomic E-state index is 0.0554. The number of nitrogens with one attached hydrogen (secondary N) is 3. The molecule has 2 rings (SSSR count). The van der Waals surface area contributed by atoms with Gasteiger partial charge >= 0.3 is 0 Å². The number of H-pyrrole nitrogens is 1. The van der Waals surface area contributed by atoms with Crippen LogP contribution in [0.1, 0.15) is 56.2 Å². The fourth-order valence-electron chi connectivity index (χ4n) is 3.07. The predicted octanol–water partition coefficient (Wildman–Crippen LogP) is 1.46. The van der Waals surface area contributed by atoms with Crippen molar-refractivity contribution in [2.24, 2.45) is 0 Å². The van der Waals surface area contributed by atoms with Crippen LogP contribution in [0.3, 0.4) is 0 Å². The summed E-state index contributed by atoms with van der Waals surface area (Å²) in [4.78, 5) is 12.2. The molecule has 1 heterocycles. The molecular weight excluding hydrogens is 294 g/mol. The smallest absolute Gasteiger partial charge is 0.228 e. The molecule has 0 bridgehead atoms. The van der Waals surface area contributed by atoms with Gasteiger partial charge in [0.15, 0.2) is 5.82 Å².